The van der Waals surface area contributed by atoms with Crippen LogP contribution in [0.5, 0.6) is 0 Å². The summed E-state index contributed by atoms with van der Waals surface area (Å²) in [6, 6.07) is -1.28. The summed E-state index contributed by atoms with van der Waals surface area (Å²) in [4.78, 5) is 59.7. The van der Waals surface area contributed by atoms with E-state index < -0.39 is 29.8 Å². The lowest BCUT2D eigenvalue weighted by atomic mass is 9.94. The van der Waals surface area contributed by atoms with Crippen LogP contribution in [0.4, 0.5) is 0 Å². The van der Waals surface area contributed by atoms with E-state index >= 15 is 0 Å². The molecule has 4 N–H and O–H groups in total. The summed E-state index contributed by atoms with van der Waals surface area (Å²) in [5, 5.41) is 23.8. The van der Waals surface area contributed by atoms with E-state index in [0.29, 0.717) is 26.2 Å². The Labute approximate surface area is 239 Å². The zero-order chi connectivity index (χ0) is 30.0. The fourth-order valence-corrected chi connectivity index (χ4v) is 4.20. The highest BCUT2D eigenvalue weighted by Gasteiger charge is 2.25. The molecule has 0 unspecified atom stereocenters. The Bertz CT molecular complexity index is 730. The average molecular weight is 573 g/mol. The second-order valence-corrected chi connectivity index (χ2v) is 10.2. The van der Waals surface area contributed by atoms with E-state index in [-0.39, 0.29) is 50.3 Å². The molecule has 0 aromatic carbocycles. The maximum atomic E-state index is 12.3. The third kappa shape index (κ3) is 22.3. The van der Waals surface area contributed by atoms with Crippen molar-refractivity contribution in [1.82, 2.24) is 10.6 Å². The van der Waals surface area contributed by atoms with E-state index in [9.17, 15) is 34.2 Å². The quantitative estimate of drug-likeness (QED) is 0.102. The molecule has 0 spiro atoms. The van der Waals surface area contributed by atoms with Gasteiger partial charge in [-0.25, -0.2) is 4.79 Å². The van der Waals surface area contributed by atoms with Gasteiger partial charge in [0.25, 0.3) is 0 Å². The summed E-state index contributed by atoms with van der Waals surface area (Å²) in [7, 11) is 1.55. The molecule has 0 radical (unpaired) electrons. The zero-order valence-corrected chi connectivity index (χ0v) is 24.5. The number of hydrogen-bond acceptors (Lipinski definition) is 7. The first-order chi connectivity index (χ1) is 19.2. The molecule has 0 saturated heterocycles. The van der Waals surface area contributed by atoms with E-state index in [2.05, 4.69) is 17.6 Å². The minimum Gasteiger partial charge on any atom is -0.481 e. The molecule has 2 atom stereocenters. The summed E-state index contributed by atoms with van der Waals surface area (Å²) in [5.74, 6) is -4.57. The van der Waals surface area contributed by atoms with Crippen molar-refractivity contribution in [3.05, 3.63) is 0 Å². The number of Topliss-reactive ketones (excluding diaryl/α,β-unsaturated/α-hetero) is 1. The number of methoxy groups -OCH3 is 1. The molecular weight excluding hydrogens is 520 g/mol. The monoisotopic (exact) mass is 572 g/mol. The Morgan fingerprint density at radius 3 is 1.88 bits per heavy atom. The Morgan fingerprint density at radius 1 is 0.700 bits per heavy atom. The average Bonchev–Trinajstić information content (AvgIpc) is 2.91. The van der Waals surface area contributed by atoms with Crippen molar-refractivity contribution in [2.45, 2.75) is 116 Å². The number of hydrogen-bond donors (Lipinski definition) is 4. The van der Waals surface area contributed by atoms with Gasteiger partial charge in [-0.15, -0.1) is 0 Å². The smallest absolute Gasteiger partial charge is 0.326 e. The van der Waals surface area contributed by atoms with Gasteiger partial charge in [-0.05, 0) is 19.3 Å². The number of carboxylic acid groups (broad SMARTS) is 2. The van der Waals surface area contributed by atoms with Crippen molar-refractivity contribution < 1.29 is 43.7 Å². The Morgan fingerprint density at radius 2 is 1.30 bits per heavy atom. The molecule has 2 amide bonds. The first-order valence-corrected chi connectivity index (χ1v) is 14.8. The molecule has 232 valence electrons. The predicted octanol–water partition coefficient (Wildman–Crippen LogP) is 3.87. The number of ketones is 1. The van der Waals surface area contributed by atoms with Crippen molar-refractivity contribution >= 4 is 29.5 Å². The zero-order valence-electron chi connectivity index (χ0n) is 24.5. The Balaban J connectivity index is 4.23. The summed E-state index contributed by atoms with van der Waals surface area (Å²) in [6.07, 6.45) is 11.1. The molecule has 11 heteroatoms. The topological polar surface area (TPSA) is 168 Å². The summed E-state index contributed by atoms with van der Waals surface area (Å²) in [5.41, 5.74) is 0. The second kappa shape index (κ2) is 25.4. The van der Waals surface area contributed by atoms with Crippen LogP contribution in [-0.4, -0.2) is 79.3 Å². The van der Waals surface area contributed by atoms with Crippen molar-refractivity contribution in [1.29, 1.82) is 0 Å². The van der Waals surface area contributed by atoms with Crippen LogP contribution < -0.4 is 10.6 Å². The van der Waals surface area contributed by atoms with Gasteiger partial charge < -0.3 is 30.3 Å². The van der Waals surface area contributed by atoms with Gasteiger partial charge in [0.1, 0.15) is 11.8 Å². The summed E-state index contributed by atoms with van der Waals surface area (Å²) in [6.45, 7) is 3.60. The number of carbonyl (C=O) groups is 5. The highest BCUT2D eigenvalue weighted by molar-refractivity contribution is 5.86. The fourth-order valence-electron chi connectivity index (χ4n) is 4.20. The van der Waals surface area contributed by atoms with Crippen LogP contribution in [0.15, 0.2) is 0 Å². The molecule has 0 bridgehead atoms. The Kier molecular flexibility index (Phi) is 23.8. The highest BCUT2D eigenvalue weighted by atomic mass is 16.5. The number of amides is 2. The van der Waals surface area contributed by atoms with Crippen LogP contribution in [-0.2, 0) is 33.4 Å². The molecule has 0 saturated carbocycles. The minimum absolute atomic E-state index is 0.0686. The van der Waals surface area contributed by atoms with Gasteiger partial charge in [0.05, 0.1) is 25.7 Å². The number of aliphatic carboxylic acids is 2. The highest BCUT2D eigenvalue weighted by Crippen LogP contribution is 2.16. The van der Waals surface area contributed by atoms with Crippen LogP contribution in [0.1, 0.15) is 110 Å². The van der Waals surface area contributed by atoms with Gasteiger partial charge in [-0.1, -0.05) is 64.7 Å². The van der Waals surface area contributed by atoms with E-state index in [4.69, 9.17) is 9.47 Å². The van der Waals surface area contributed by atoms with Crippen LogP contribution in [0.25, 0.3) is 0 Å². The maximum Gasteiger partial charge on any atom is 0.326 e. The third-order valence-corrected chi connectivity index (χ3v) is 6.65. The van der Waals surface area contributed by atoms with Crippen LogP contribution in [0.2, 0.25) is 0 Å². The summed E-state index contributed by atoms with van der Waals surface area (Å²) < 4.78 is 10.1. The minimum atomic E-state index is -1.29. The van der Waals surface area contributed by atoms with Gasteiger partial charge in [0.15, 0.2) is 0 Å². The fraction of sp³-hybridized carbons (Fsp3) is 0.828. The normalized spacial score (nSPS) is 12.4. The first kappa shape index (κ1) is 37.5. The Hall–Kier alpha value is -2.53. The lowest BCUT2D eigenvalue weighted by molar-refractivity contribution is -0.145. The molecule has 11 nitrogen and oxygen atoms in total. The predicted molar refractivity (Wildman–Crippen MR) is 151 cm³/mol. The van der Waals surface area contributed by atoms with Crippen molar-refractivity contribution in [2.24, 2.45) is 5.92 Å². The standard InChI is InChI=1S/C29H52N2O9/c1-3-4-5-6-7-8-9-10-11-12-13-24(32)22-23(28(35)36)14-16-27(34)31-25(29(37)38)15-17-26(33)30-18-19-40-21-20-39-2/h23,25H,3-22H2,1-2H3,(H,30,33)(H,31,34)(H,35,36)(H,37,38)/t23-,25+/m1/s1. The summed E-state index contributed by atoms with van der Waals surface area (Å²) >= 11 is 0. The van der Waals surface area contributed by atoms with E-state index in [1.54, 1.807) is 7.11 Å². The molecule has 40 heavy (non-hydrogen) atoms. The van der Waals surface area contributed by atoms with Crippen molar-refractivity contribution in [3.63, 3.8) is 0 Å². The van der Waals surface area contributed by atoms with E-state index in [1.807, 2.05) is 0 Å². The molecule has 0 aromatic rings. The molecule has 0 aromatic heterocycles. The van der Waals surface area contributed by atoms with Crippen LogP contribution >= 0.6 is 0 Å². The van der Waals surface area contributed by atoms with Gasteiger partial charge in [0.2, 0.25) is 11.8 Å². The van der Waals surface area contributed by atoms with E-state index in [0.717, 1.165) is 25.7 Å². The number of carbonyl (C=O) groups excluding carboxylic acids is 3. The molecule has 0 aliphatic heterocycles. The largest absolute Gasteiger partial charge is 0.481 e. The number of unbranched alkanes of at least 4 members (excludes halogenated alkanes) is 9. The van der Waals surface area contributed by atoms with Crippen molar-refractivity contribution in [2.75, 3.05) is 33.5 Å². The number of nitrogens with one attached hydrogen (secondary N) is 2. The van der Waals surface area contributed by atoms with E-state index in [1.165, 1.54) is 38.5 Å². The van der Waals surface area contributed by atoms with Crippen LogP contribution in [0, 0.1) is 5.92 Å². The van der Waals surface area contributed by atoms with Crippen molar-refractivity contribution in [3.8, 4) is 0 Å². The lowest BCUT2D eigenvalue weighted by Crippen LogP contribution is -2.42. The third-order valence-electron chi connectivity index (χ3n) is 6.65. The SMILES string of the molecule is CCCCCCCCCCCCC(=O)C[C@@H](CCC(=O)N[C@@H](CCC(=O)NCCOCCOC)C(=O)O)C(=O)O. The number of carboxylic acids is 2. The van der Waals surface area contributed by atoms with Gasteiger partial charge in [-0.2, -0.15) is 0 Å². The second-order valence-electron chi connectivity index (χ2n) is 10.2. The number of ether oxygens (including phenoxy) is 2. The molecule has 0 aliphatic carbocycles. The first-order valence-electron chi connectivity index (χ1n) is 14.8. The molecule has 0 fully saturated rings. The van der Waals surface area contributed by atoms with Gasteiger partial charge in [-0.3, -0.25) is 19.2 Å². The molecule has 0 aliphatic rings. The van der Waals surface area contributed by atoms with Gasteiger partial charge in [0, 0.05) is 39.3 Å². The van der Waals surface area contributed by atoms with Gasteiger partial charge >= 0.3 is 11.9 Å². The molecule has 0 rings (SSSR count). The number of rotatable bonds is 28. The maximum absolute atomic E-state index is 12.3. The van der Waals surface area contributed by atoms with Crippen LogP contribution in [0.3, 0.4) is 0 Å². The molecule has 0 heterocycles. The molecular formula is C29H52N2O9. The lowest BCUT2D eigenvalue weighted by Gasteiger charge is -2.16.